The van der Waals surface area contributed by atoms with E-state index in [0.29, 0.717) is 0 Å². The van der Waals surface area contributed by atoms with Crippen molar-refractivity contribution in [3.05, 3.63) is 11.8 Å². The number of Topliss-reactive ketones (excluding diaryl/α,β-unsaturated/α-hetero) is 1. The Hall–Kier alpha value is -1.96. The molecule has 13 heavy (non-hydrogen) atoms. The zero-order chi connectivity index (χ0) is 10.0. The van der Waals surface area contributed by atoms with E-state index in [9.17, 15) is 14.4 Å². The summed E-state index contributed by atoms with van der Waals surface area (Å²) in [5.74, 6) is -4.01. The number of carbonyl (C=O) groups is 3. The molecule has 0 N–H and O–H groups in total. The van der Waals surface area contributed by atoms with Gasteiger partial charge in [0.15, 0.2) is 17.5 Å². The van der Waals surface area contributed by atoms with E-state index in [1.54, 1.807) is 0 Å². The summed E-state index contributed by atoms with van der Waals surface area (Å²) in [4.78, 5) is 32.8. The summed E-state index contributed by atoms with van der Waals surface area (Å²) in [6.07, 6.45) is 0.855. The Morgan fingerprint density at radius 1 is 1.62 bits per heavy atom. The number of carbonyl (C=O) groups excluding carboxylic acids is 3. The SMILES string of the molecule is CC(=O)C1C(=O)C=C(C#N)OC1=O. The van der Waals surface area contributed by atoms with Crippen LogP contribution < -0.4 is 0 Å². The monoisotopic (exact) mass is 179 g/mol. The lowest BCUT2D eigenvalue weighted by atomic mass is 9.98. The predicted octanol–water partition coefficient (Wildman–Crippen LogP) is -0.275. The molecular formula is C8H5NO4. The molecule has 0 saturated carbocycles. The van der Waals surface area contributed by atoms with Gasteiger partial charge in [-0.15, -0.1) is 0 Å². The largest absolute Gasteiger partial charge is 0.414 e. The van der Waals surface area contributed by atoms with Crippen LogP contribution in [0.5, 0.6) is 0 Å². The van der Waals surface area contributed by atoms with E-state index in [1.807, 2.05) is 0 Å². The summed E-state index contributed by atoms with van der Waals surface area (Å²) < 4.78 is 4.40. The first-order chi connectivity index (χ1) is 6.06. The second-order valence-corrected chi connectivity index (χ2v) is 2.49. The third-order valence-electron chi connectivity index (χ3n) is 1.52. The molecule has 0 aromatic carbocycles. The Morgan fingerprint density at radius 2 is 2.23 bits per heavy atom. The Labute approximate surface area is 73.6 Å². The number of allylic oxidation sites excluding steroid dienone is 2. The Bertz CT molecular complexity index is 361. The van der Waals surface area contributed by atoms with Gasteiger partial charge in [0.1, 0.15) is 6.07 Å². The molecule has 1 heterocycles. The average Bonchev–Trinajstić information content (AvgIpc) is 2.02. The van der Waals surface area contributed by atoms with Crippen LogP contribution >= 0.6 is 0 Å². The van der Waals surface area contributed by atoms with E-state index in [0.717, 1.165) is 13.0 Å². The molecule has 0 aliphatic carbocycles. The zero-order valence-electron chi connectivity index (χ0n) is 6.73. The van der Waals surface area contributed by atoms with Crippen LogP contribution in [-0.4, -0.2) is 17.5 Å². The van der Waals surface area contributed by atoms with Crippen molar-refractivity contribution in [3.63, 3.8) is 0 Å². The third-order valence-corrected chi connectivity index (χ3v) is 1.52. The molecule has 1 unspecified atom stereocenters. The molecule has 1 aliphatic heterocycles. The van der Waals surface area contributed by atoms with Gasteiger partial charge in [-0.25, -0.2) is 0 Å². The van der Waals surface area contributed by atoms with Gasteiger partial charge in [-0.05, 0) is 6.92 Å². The van der Waals surface area contributed by atoms with Gasteiger partial charge in [0.2, 0.25) is 5.76 Å². The van der Waals surface area contributed by atoms with E-state index < -0.39 is 23.5 Å². The van der Waals surface area contributed by atoms with Gasteiger partial charge in [-0.1, -0.05) is 0 Å². The molecule has 0 bridgehead atoms. The minimum absolute atomic E-state index is 0.368. The molecule has 1 aliphatic rings. The van der Waals surface area contributed by atoms with E-state index in [1.165, 1.54) is 6.07 Å². The second-order valence-electron chi connectivity index (χ2n) is 2.49. The first kappa shape index (κ1) is 9.13. The maximum Gasteiger partial charge on any atom is 0.330 e. The van der Waals surface area contributed by atoms with E-state index in [-0.39, 0.29) is 5.76 Å². The third kappa shape index (κ3) is 1.62. The molecule has 1 rings (SSSR count). The molecule has 0 spiro atoms. The molecule has 66 valence electrons. The fraction of sp³-hybridized carbons (Fsp3) is 0.250. The highest BCUT2D eigenvalue weighted by atomic mass is 16.5. The maximum atomic E-state index is 11.1. The van der Waals surface area contributed by atoms with Crippen LogP contribution in [0.25, 0.3) is 0 Å². The van der Waals surface area contributed by atoms with Crippen molar-refractivity contribution in [1.29, 1.82) is 5.26 Å². The zero-order valence-corrected chi connectivity index (χ0v) is 6.73. The fourth-order valence-corrected chi connectivity index (χ4v) is 0.947. The van der Waals surface area contributed by atoms with E-state index >= 15 is 0 Å². The van der Waals surface area contributed by atoms with Crippen LogP contribution in [0.15, 0.2) is 11.8 Å². The molecule has 1 atom stereocenters. The van der Waals surface area contributed by atoms with Crippen LogP contribution in [0.2, 0.25) is 0 Å². The number of nitriles is 1. The number of cyclic esters (lactones) is 1. The number of ether oxygens (including phenoxy) is 1. The highest BCUT2D eigenvalue weighted by Gasteiger charge is 2.36. The van der Waals surface area contributed by atoms with Crippen LogP contribution in [0.1, 0.15) is 6.92 Å². The van der Waals surface area contributed by atoms with Crippen molar-refractivity contribution < 1.29 is 19.1 Å². The van der Waals surface area contributed by atoms with Gasteiger partial charge >= 0.3 is 5.97 Å². The maximum absolute atomic E-state index is 11.1. The number of hydrogen-bond acceptors (Lipinski definition) is 5. The Morgan fingerprint density at radius 3 is 2.62 bits per heavy atom. The molecule has 5 nitrogen and oxygen atoms in total. The van der Waals surface area contributed by atoms with Gasteiger partial charge in [-0.3, -0.25) is 14.4 Å². The van der Waals surface area contributed by atoms with Crippen molar-refractivity contribution in [2.24, 2.45) is 5.92 Å². The summed E-state index contributed by atoms with van der Waals surface area (Å²) in [7, 11) is 0. The molecule has 0 fully saturated rings. The summed E-state index contributed by atoms with van der Waals surface area (Å²) >= 11 is 0. The van der Waals surface area contributed by atoms with E-state index in [4.69, 9.17) is 5.26 Å². The van der Waals surface area contributed by atoms with Gasteiger partial charge in [0.25, 0.3) is 0 Å². The van der Waals surface area contributed by atoms with Crippen molar-refractivity contribution in [2.45, 2.75) is 6.92 Å². The number of hydrogen-bond donors (Lipinski definition) is 0. The molecule has 0 aromatic heterocycles. The van der Waals surface area contributed by atoms with Crippen LogP contribution in [0.3, 0.4) is 0 Å². The van der Waals surface area contributed by atoms with Crippen molar-refractivity contribution in [3.8, 4) is 6.07 Å². The van der Waals surface area contributed by atoms with Crippen LogP contribution in [0.4, 0.5) is 0 Å². The highest BCUT2D eigenvalue weighted by molar-refractivity contribution is 6.21. The summed E-state index contributed by atoms with van der Waals surface area (Å²) in [5, 5.41) is 8.32. The topological polar surface area (TPSA) is 84.2 Å². The lowest BCUT2D eigenvalue weighted by Crippen LogP contribution is -2.34. The summed E-state index contributed by atoms with van der Waals surface area (Å²) in [5.41, 5.74) is 0. The molecule has 0 radical (unpaired) electrons. The van der Waals surface area contributed by atoms with Crippen LogP contribution in [0, 0.1) is 17.2 Å². The molecule has 5 heteroatoms. The molecular weight excluding hydrogens is 174 g/mol. The normalized spacial score (nSPS) is 21.5. The minimum Gasteiger partial charge on any atom is -0.414 e. The molecule has 0 saturated heterocycles. The van der Waals surface area contributed by atoms with Gasteiger partial charge in [-0.2, -0.15) is 5.26 Å². The summed E-state index contributed by atoms with van der Waals surface area (Å²) in [6, 6.07) is 1.51. The van der Waals surface area contributed by atoms with E-state index in [2.05, 4.69) is 4.74 Å². The fourth-order valence-electron chi connectivity index (χ4n) is 0.947. The minimum atomic E-state index is -1.39. The quantitative estimate of drug-likeness (QED) is 0.408. The first-order valence-electron chi connectivity index (χ1n) is 3.44. The Kier molecular flexibility index (Phi) is 2.24. The van der Waals surface area contributed by atoms with Gasteiger partial charge in [0, 0.05) is 6.08 Å². The van der Waals surface area contributed by atoms with Crippen molar-refractivity contribution in [2.75, 3.05) is 0 Å². The Balaban J connectivity index is 3.04. The first-order valence-corrected chi connectivity index (χ1v) is 3.44. The van der Waals surface area contributed by atoms with Crippen molar-refractivity contribution in [1.82, 2.24) is 0 Å². The van der Waals surface area contributed by atoms with Gasteiger partial charge < -0.3 is 4.74 Å². The number of rotatable bonds is 1. The lowest BCUT2D eigenvalue weighted by Gasteiger charge is -2.13. The summed E-state index contributed by atoms with van der Waals surface area (Å²) in [6.45, 7) is 1.12. The van der Waals surface area contributed by atoms with Crippen LogP contribution in [-0.2, 0) is 19.1 Å². The van der Waals surface area contributed by atoms with Gasteiger partial charge in [0.05, 0.1) is 0 Å². The number of nitrogens with zero attached hydrogens (tertiary/aromatic N) is 1. The average molecular weight is 179 g/mol. The molecule has 0 aromatic rings. The standard InChI is InChI=1S/C8H5NO4/c1-4(10)7-6(11)2-5(3-9)13-8(7)12/h2,7H,1H3. The van der Waals surface area contributed by atoms with Crippen molar-refractivity contribution >= 4 is 17.5 Å². The second kappa shape index (κ2) is 3.19. The lowest BCUT2D eigenvalue weighted by molar-refractivity contribution is -0.151. The highest BCUT2D eigenvalue weighted by Crippen LogP contribution is 2.14. The smallest absolute Gasteiger partial charge is 0.330 e. The predicted molar refractivity (Wildman–Crippen MR) is 39.0 cm³/mol. The number of ketones is 2. The molecule has 0 amide bonds. The number of esters is 1.